The van der Waals surface area contributed by atoms with Crippen molar-refractivity contribution in [1.29, 1.82) is 0 Å². The topological polar surface area (TPSA) is 72.6 Å². The van der Waals surface area contributed by atoms with E-state index in [9.17, 15) is 17.2 Å². The van der Waals surface area contributed by atoms with Gasteiger partial charge in [0.05, 0.1) is 6.61 Å². The SMILES string of the molecule is C=CCN(CCOC)S(=O)(=O)c1ccc(F)c(CN)c1F. The predicted octanol–water partition coefficient (Wildman–Crippen LogP) is 1.25. The van der Waals surface area contributed by atoms with E-state index in [1.54, 1.807) is 0 Å². The Labute approximate surface area is 123 Å². The molecule has 0 saturated carbocycles. The number of halogens is 2. The fourth-order valence-electron chi connectivity index (χ4n) is 1.75. The second-order valence-electron chi connectivity index (χ2n) is 4.19. The minimum Gasteiger partial charge on any atom is -0.383 e. The molecule has 0 aliphatic rings. The van der Waals surface area contributed by atoms with Crippen LogP contribution in [0.3, 0.4) is 0 Å². The first-order chi connectivity index (χ1) is 9.89. The zero-order valence-corrected chi connectivity index (χ0v) is 12.5. The maximum absolute atomic E-state index is 14.2. The van der Waals surface area contributed by atoms with Crippen molar-refractivity contribution in [3.05, 3.63) is 42.0 Å². The second-order valence-corrected chi connectivity index (χ2v) is 6.09. The number of sulfonamides is 1. The van der Waals surface area contributed by atoms with E-state index in [1.165, 1.54) is 13.2 Å². The van der Waals surface area contributed by atoms with Crippen molar-refractivity contribution >= 4 is 10.0 Å². The molecule has 0 amide bonds. The molecule has 0 bridgehead atoms. The van der Waals surface area contributed by atoms with Gasteiger partial charge in [-0.15, -0.1) is 6.58 Å². The van der Waals surface area contributed by atoms with Crippen LogP contribution in [0.1, 0.15) is 5.56 Å². The highest BCUT2D eigenvalue weighted by molar-refractivity contribution is 7.89. The molecule has 0 aliphatic heterocycles. The maximum atomic E-state index is 14.2. The van der Waals surface area contributed by atoms with Gasteiger partial charge in [-0.25, -0.2) is 17.2 Å². The van der Waals surface area contributed by atoms with Gasteiger partial charge in [-0.3, -0.25) is 0 Å². The molecule has 0 radical (unpaired) electrons. The van der Waals surface area contributed by atoms with Gasteiger partial charge in [-0.1, -0.05) is 6.08 Å². The van der Waals surface area contributed by atoms with Crippen LogP contribution in [0.25, 0.3) is 0 Å². The first-order valence-corrected chi connectivity index (χ1v) is 7.61. The summed E-state index contributed by atoms with van der Waals surface area (Å²) in [7, 11) is -2.71. The number of methoxy groups -OCH3 is 1. The smallest absolute Gasteiger partial charge is 0.246 e. The Morgan fingerprint density at radius 1 is 1.43 bits per heavy atom. The molecule has 1 aromatic rings. The molecule has 1 rings (SSSR count). The summed E-state index contributed by atoms with van der Waals surface area (Å²) < 4.78 is 58.3. The largest absolute Gasteiger partial charge is 0.383 e. The first-order valence-electron chi connectivity index (χ1n) is 6.17. The quantitative estimate of drug-likeness (QED) is 0.732. The van der Waals surface area contributed by atoms with Crippen molar-refractivity contribution in [3.63, 3.8) is 0 Å². The van der Waals surface area contributed by atoms with Crippen LogP contribution in [0, 0.1) is 11.6 Å². The van der Waals surface area contributed by atoms with Gasteiger partial charge < -0.3 is 10.5 Å². The Morgan fingerprint density at radius 2 is 2.10 bits per heavy atom. The molecule has 0 saturated heterocycles. The van der Waals surface area contributed by atoms with E-state index >= 15 is 0 Å². The third-order valence-electron chi connectivity index (χ3n) is 2.85. The third kappa shape index (κ3) is 3.85. The average Bonchev–Trinajstić information content (AvgIpc) is 2.43. The van der Waals surface area contributed by atoms with E-state index in [-0.39, 0.29) is 19.7 Å². The lowest BCUT2D eigenvalue weighted by Crippen LogP contribution is -2.34. The summed E-state index contributed by atoms with van der Waals surface area (Å²) in [4.78, 5) is -0.609. The molecule has 0 aromatic heterocycles. The summed E-state index contributed by atoms with van der Waals surface area (Å²) in [6.45, 7) is 3.19. The molecule has 0 spiro atoms. The molecule has 2 N–H and O–H groups in total. The number of rotatable bonds is 8. The second kappa shape index (κ2) is 7.60. The van der Waals surface area contributed by atoms with Crippen LogP contribution < -0.4 is 5.73 Å². The van der Waals surface area contributed by atoms with E-state index < -0.39 is 38.7 Å². The van der Waals surface area contributed by atoms with E-state index in [4.69, 9.17) is 10.5 Å². The average molecular weight is 320 g/mol. The summed E-state index contributed by atoms with van der Waals surface area (Å²) in [6, 6.07) is 1.78. The number of nitrogens with two attached hydrogens (primary N) is 1. The molecule has 21 heavy (non-hydrogen) atoms. The normalized spacial score (nSPS) is 11.9. The number of nitrogens with zero attached hydrogens (tertiary/aromatic N) is 1. The van der Waals surface area contributed by atoms with Gasteiger partial charge in [0.15, 0.2) is 5.82 Å². The van der Waals surface area contributed by atoms with Gasteiger partial charge >= 0.3 is 0 Å². The van der Waals surface area contributed by atoms with Crippen molar-refractivity contribution in [2.45, 2.75) is 11.4 Å². The van der Waals surface area contributed by atoms with E-state index in [0.717, 1.165) is 16.4 Å². The Bertz CT molecular complexity index is 606. The molecule has 118 valence electrons. The Morgan fingerprint density at radius 3 is 2.62 bits per heavy atom. The summed E-state index contributed by atoms with van der Waals surface area (Å²) in [5.74, 6) is -2.04. The molecule has 0 atom stereocenters. The van der Waals surface area contributed by atoms with Crippen LogP contribution >= 0.6 is 0 Å². The van der Waals surface area contributed by atoms with Crippen LogP contribution in [0.5, 0.6) is 0 Å². The van der Waals surface area contributed by atoms with Crippen LogP contribution in [-0.2, 0) is 21.3 Å². The van der Waals surface area contributed by atoms with Crippen LogP contribution in [0.15, 0.2) is 29.7 Å². The van der Waals surface area contributed by atoms with Crippen molar-refractivity contribution in [2.75, 3.05) is 26.8 Å². The fourth-order valence-corrected chi connectivity index (χ4v) is 3.23. The molecule has 0 unspecified atom stereocenters. The lowest BCUT2D eigenvalue weighted by molar-refractivity contribution is 0.182. The lowest BCUT2D eigenvalue weighted by Gasteiger charge is -2.21. The maximum Gasteiger partial charge on any atom is 0.246 e. The molecule has 0 aliphatic carbocycles. The highest BCUT2D eigenvalue weighted by atomic mass is 32.2. The number of benzene rings is 1. The van der Waals surface area contributed by atoms with Gasteiger partial charge in [-0.05, 0) is 12.1 Å². The van der Waals surface area contributed by atoms with Crippen LogP contribution in [0.2, 0.25) is 0 Å². The number of ether oxygens (including phenoxy) is 1. The van der Waals surface area contributed by atoms with Crippen molar-refractivity contribution in [1.82, 2.24) is 4.31 Å². The molecule has 0 heterocycles. The standard InChI is InChI=1S/C13H18F2N2O3S/c1-3-6-17(7-8-20-2)21(18,19)12-5-4-11(14)10(9-16)13(12)15/h3-5H,1,6-9,16H2,2H3. The third-order valence-corrected chi connectivity index (χ3v) is 4.73. The van der Waals surface area contributed by atoms with Crippen LogP contribution in [0.4, 0.5) is 8.78 Å². The Hall–Kier alpha value is -1.35. The van der Waals surface area contributed by atoms with Crippen molar-refractivity contribution in [3.8, 4) is 0 Å². The zero-order chi connectivity index (χ0) is 16.0. The van der Waals surface area contributed by atoms with Gasteiger partial charge in [-0.2, -0.15) is 4.31 Å². The first kappa shape index (κ1) is 17.7. The number of hydrogen-bond donors (Lipinski definition) is 1. The summed E-state index contributed by atoms with van der Waals surface area (Å²) in [5.41, 5.74) is 4.80. The Balaban J connectivity index is 3.31. The monoisotopic (exact) mass is 320 g/mol. The van der Waals surface area contributed by atoms with E-state index in [2.05, 4.69) is 6.58 Å². The zero-order valence-electron chi connectivity index (χ0n) is 11.7. The van der Waals surface area contributed by atoms with Crippen molar-refractivity contribution < 1.29 is 21.9 Å². The molecule has 8 heteroatoms. The van der Waals surface area contributed by atoms with E-state index in [0.29, 0.717) is 0 Å². The number of hydrogen-bond acceptors (Lipinski definition) is 4. The van der Waals surface area contributed by atoms with Gasteiger partial charge in [0.25, 0.3) is 0 Å². The highest BCUT2D eigenvalue weighted by Crippen LogP contribution is 2.23. The predicted molar refractivity (Wildman–Crippen MR) is 75.1 cm³/mol. The Kier molecular flexibility index (Phi) is 6.41. The minimum atomic E-state index is -4.13. The lowest BCUT2D eigenvalue weighted by atomic mass is 10.2. The summed E-state index contributed by atoms with van der Waals surface area (Å²) >= 11 is 0. The molecular weight excluding hydrogens is 302 g/mol. The van der Waals surface area contributed by atoms with E-state index in [1.807, 2.05) is 0 Å². The van der Waals surface area contributed by atoms with Gasteiger partial charge in [0, 0.05) is 32.3 Å². The summed E-state index contributed by atoms with van der Waals surface area (Å²) in [6.07, 6.45) is 1.37. The fraction of sp³-hybridized carbons (Fsp3) is 0.385. The highest BCUT2D eigenvalue weighted by Gasteiger charge is 2.28. The molecule has 5 nitrogen and oxygen atoms in total. The minimum absolute atomic E-state index is 0.0134. The van der Waals surface area contributed by atoms with Crippen LogP contribution in [-0.4, -0.2) is 39.5 Å². The molecular formula is C13H18F2N2O3S. The van der Waals surface area contributed by atoms with Crippen molar-refractivity contribution in [2.24, 2.45) is 5.73 Å². The molecule has 0 fully saturated rings. The van der Waals surface area contributed by atoms with Gasteiger partial charge in [0.2, 0.25) is 10.0 Å². The van der Waals surface area contributed by atoms with Gasteiger partial charge in [0.1, 0.15) is 10.7 Å². The summed E-state index contributed by atoms with van der Waals surface area (Å²) in [5, 5.41) is 0. The molecule has 1 aromatic carbocycles.